The van der Waals surface area contributed by atoms with E-state index in [9.17, 15) is 4.79 Å². The second-order valence-electron chi connectivity index (χ2n) is 7.74. The molecule has 0 aliphatic heterocycles. The van der Waals surface area contributed by atoms with E-state index in [1.807, 2.05) is 12.3 Å². The van der Waals surface area contributed by atoms with Crippen LogP contribution in [0.5, 0.6) is 0 Å². The number of rotatable bonds is 3. The van der Waals surface area contributed by atoms with E-state index < -0.39 is 0 Å². The van der Waals surface area contributed by atoms with Crippen LogP contribution in [0.25, 0.3) is 27.7 Å². The van der Waals surface area contributed by atoms with Crippen molar-refractivity contribution in [2.75, 3.05) is 6.26 Å². The molecule has 1 aliphatic carbocycles. The third-order valence-electron chi connectivity index (χ3n) is 6.13. The van der Waals surface area contributed by atoms with E-state index in [0.29, 0.717) is 0 Å². The van der Waals surface area contributed by atoms with Crippen LogP contribution in [0.4, 0.5) is 0 Å². The van der Waals surface area contributed by atoms with E-state index >= 15 is 0 Å². The molecule has 0 saturated carbocycles. The van der Waals surface area contributed by atoms with Crippen LogP contribution in [0.2, 0.25) is 0 Å². The number of aryl methyl sites for hydroxylation is 2. The van der Waals surface area contributed by atoms with Crippen molar-refractivity contribution in [3.05, 3.63) is 82.4 Å². The molecule has 4 heteroatoms. The van der Waals surface area contributed by atoms with Gasteiger partial charge < -0.3 is 4.57 Å². The lowest BCUT2D eigenvalue weighted by atomic mass is 9.95. The summed E-state index contributed by atoms with van der Waals surface area (Å²) in [7, 11) is 2.15. The van der Waals surface area contributed by atoms with Crippen LogP contribution in [-0.4, -0.2) is 15.4 Å². The van der Waals surface area contributed by atoms with Gasteiger partial charge in [0, 0.05) is 35.3 Å². The highest BCUT2D eigenvalue weighted by Gasteiger charge is 2.18. The van der Waals surface area contributed by atoms with Crippen LogP contribution in [0.3, 0.4) is 0 Å². The molecule has 1 aliphatic rings. The summed E-state index contributed by atoms with van der Waals surface area (Å²) in [5.41, 5.74) is 7.11. The van der Waals surface area contributed by atoms with E-state index in [1.54, 1.807) is 22.4 Å². The lowest BCUT2D eigenvalue weighted by molar-refractivity contribution is 0.653. The van der Waals surface area contributed by atoms with Crippen molar-refractivity contribution in [3.8, 4) is 16.8 Å². The van der Waals surface area contributed by atoms with Gasteiger partial charge in [0.25, 0.3) is 5.56 Å². The highest BCUT2D eigenvalue weighted by Crippen LogP contribution is 2.32. The zero-order chi connectivity index (χ0) is 20.0. The summed E-state index contributed by atoms with van der Waals surface area (Å²) in [4.78, 5) is 14.1. The van der Waals surface area contributed by atoms with E-state index in [1.165, 1.54) is 39.9 Å². The number of pyridine rings is 1. The molecule has 0 amide bonds. The third kappa shape index (κ3) is 3.12. The Hall–Kier alpha value is -2.72. The fourth-order valence-corrected chi connectivity index (χ4v) is 4.96. The molecule has 0 unspecified atom stereocenters. The highest BCUT2D eigenvalue weighted by atomic mass is 32.2. The Labute approximate surface area is 175 Å². The fourth-order valence-electron chi connectivity index (χ4n) is 4.55. The third-order valence-corrected chi connectivity index (χ3v) is 6.88. The quantitative estimate of drug-likeness (QED) is 0.419. The summed E-state index contributed by atoms with van der Waals surface area (Å²) in [5.74, 6) is 0. The average molecular weight is 401 g/mol. The van der Waals surface area contributed by atoms with Crippen LogP contribution >= 0.6 is 11.8 Å². The summed E-state index contributed by atoms with van der Waals surface area (Å²) < 4.78 is 4.06. The van der Waals surface area contributed by atoms with Gasteiger partial charge in [-0.3, -0.25) is 9.36 Å². The van der Waals surface area contributed by atoms with Gasteiger partial charge in [-0.2, -0.15) is 0 Å². The van der Waals surface area contributed by atoms with Gasteiger partial charge in [0.15, 0.2) is 0 Å². The summed E-state index contributed by atoms with van der Waals surface area (Å²) in [5, 5.41) is 1.34. The Bertz CT molecular complexity index is 1260. The first-order chi connectivity index (χ1) is 14.2. The predicted octanol–water partition coefficient (Wildman–Crippen LogP) is 5.60. The molecule has 2 heterocycles. The van der Waals surface area contributed by atoms with Crippen LogP contribution < -0.4 is 5.56 Å². The average Bonchev–Trinajstić information content (AvgIpc) is 3.06. The Morgan fingerprint density at radius 2 is 1.69 bits per heavy atom. The lowest BCUT2D eigenvalue weighted by Crippen LogP contribution is -2.16. The van der Waals surface area contributed by atoms with Gasteiger partial charge in [0.05, 0.1) is 11.2 Å². The van der Waals surface area contributed by atoms with Crippen LogP contribution in [0.15, 0.2) is 70.5 Å². The SMILES string of the molecule is CSc1ccc(-c2ccn(-c3ccc4c5c(n(C)c4c3)CCCC5)c(=O)c2)cc1. The molecule has 2 aromatic heterocycles. The number of benzene rings is 2. The van der Waals surface area contributed by atoms with Crippen molar-refractivity contribution in [1.29, 1.82) is 0 Å². The smallest absolute Gasteiger partial charge is 0.255 e. The zero-order valence-electron chi connectivity index (χ0n) is 16.8. The molecule has 0 atom stereocenters. The minimum atomic E-state index is -0.00485. The largest absolute Gasteiger partial charge is 0.347 e. The maximum atomic E-state index is 12.9. The minimum absolute atomic E-state index is 0.00485. The highest BCUT2D eigenvalue weighted by molar-refractivity contribution is 7.98. The number of fused-ring (bicyclic) bond motifs is 3. The molecule has 29 heavy (non-hydrogen) atoms. The molecule has 146 valence electrons. The summed E-state index contributed by atoms with van der Waals surface area (Å²) in [6.45, 7) is 0. The van der Waals surface area contributed by atoms with E-state index in [2.05, 4.69) is 60.3 Å². The van der Waals surface area contributed by atoms with Crippen molar-refractivity contribution in [1.82, 2.24) is 9.13 Å². The van der Waals surface area contributed by atoms with E-state index in [4.69, 9.17) is 0 Å². The molecule has 0 spiro atoms. The van der Waals surface area contributed by atoms with Crippen molar-refractivity contribution in [3.63, 3.8) is 0 Å². The first kappa shape index (κ1) is 18.3. The Balaban J connectivity index is 1.56. The summed E-state index contributed by atoms with van der Waals surface area (Å²) in [6, 6.07) is 18.5. The molecule has 5 rings (SSSR count). The number of hydrogen-bond donors (Lipinski definition) is 0. The van der Waals surface area contributed by atoms with Gasteiger partial charge in [0.2, 0.25) is 0 Å². The Morgan fingerprint density at radius 3 is 2.45 bits per heavy atom. The number of nitrogens with zero attached hydrogens (tertiary/aromatic N) is 2. The maximum Gasteiger partial charge on any atom is 0.255 e. The molecule has 0 saturated heterocycles. The molecule has 0 fully saturated rings. The molecule has 0 N–H and O–H groups in total. The van der Waals surface area contributed by atoms with Gasteiger partial charge in [0.1, 0.15) is 0 Å². The molecular formula is C25H24N2OS. The standard InChI is InChI=1S/C25H24N2OS/c1-26-23-6-4-3-5-21(23)22-12-9-19(16-24(22)26)27-14-13-18(15-25(27)28)17-7-10-20(29-2)11-8-17/h7-16H,3-6H2,1-2H3. The van der Waals surface area contributed by atoms with Crippen molar-refractivity contribution >= 4 is 22.7 Å². The molecule has 0 bridgehead atoms. The molecular weight excluding hydrogens is 376 g/mol. The minimum Gasteiger partial charge on any atom is -0.347 e. The maximum absolute atomic E-state index is 12.9. The predicted molar refractivity (Wildman–Crippen MR) is 122 cm³/mol. The van der Waals surface area contributed by atoms with Crippen molar-refractivity contribution < 1.29 is 0 Å². The van der Waals surface area contributed by atoms with Crippen LogP contribution in [-0.2, 0) is 19.9 Å². The van der Waals surface area contributed by atoms with E-state index in [0.717, 1.165) is 29.7 Å². The van der Waals surface area contributed by atoms with Gasteiger partial charge in [-0.25, -0.2) is 0 Å². The lowest BCUT2D eigenvalue weighted by Gasteiger charge is -2.12. The fraction of sp³-hybridized carbons (Fsp3) is 0.240. The van der Waals surface area contributed by atoms with Crippen molar-refractivity contribution in [2.24, 2.45) is 7.05 Å². The zero-order valence-corrected chi connectivity index (χ0v) is 17.6. The number of hydrogen-bond acceptors (Lipinski definition) is 2. The molecule has 2 aromatic carbocycles. The van der Waals surface area contributed by atoms with Crippen LogP contribution in [0, 0.1) is 0 Å². The Kier molecular flexibility index (Phi) is 4.59. The second-order valence-corrected chi connectivity index (χ2v) is 8.62. The number of thioether (sulfide) groups is 1. The molecule has 3 nitrogen and oxygen atoms in total. The van der Waals surface area contributed by atoms with Gasteiger partial charge in [-0.05, 0) is 79.0 Å². The summed E-state index contributed by atoms with van der Waals surface area (Å²) >= 11 is 1.72. The van der Waals surface area contributed by atoms with Gasteiger partial charge >= 0.3 is 0 Å². The normalized spacial score (nSPS) is 13.6. The monoisotopic (exact) mass is 400 g/mol. The molecule has 4 aromatic rings. The second kappa shape index (κ2) is 7.27. The Morgan fingerprint density at radius 1 is 0.897 bits per heavy atom. The first-order valence-electron chi connectivity index (χ1n) is 10.1. The van der Waals surface area contributed by atoms with E-state index in [-0.39, 0.29) is 5.56 Å². The van der Waals surface area contributed by atoms with Gasteiger partial charge in [-0.1, -0.05) is 18.2 Å². The number of aromatic nitrogens is 2. The first-order valence-corrected chi connectivity index (χ1v) is 11.4. The van der Waals surface area contributed by atoms with Crippen LogP contribution in [0.1, 0.15) is 24.1 Å². The van der Waals surface area contributed by atoms with Crippen molar-refractivity contribution in [2.45, 2.75) is 30.6 Å². The molecule has 0 radical (unpaired) electrons. The topological polar surface area (TPSA) is 26.9 Å². The van der Waals surface area contributed by atoms with Gasteiger partial charge in [-0.15, -0.1) is 11.8 Å². The summed E-state index contributed by atoms with van der Waals surface area (Å²) in [6.07, 6.45) is 8.81.